The summed E-state index contributed by atoms with van der Waals surface area (Å²) in [7, 11) is 0. The Morgan fingerprint density at radius 2 is 2.27 bits per heavy atom. The summed E-state index contributed by atoms with van der Waals surface area (Å²) in [4.78, 5) is 16.9. The molecule has 1 aromatic heterocycles. The summed E-state index contributed by atoms with van der Waals surface area (Å²) in [5.74, 6) is 0. The van der Waals surface area contributed by atoms with Crippen LogP contribution in [-0.4, -0.2) is 61.3 Å². The molecule has 2 aliphatic heterocycles. The van der Waals surface area contributed by atoms with Crippen molar-refractivity contribution in [3.63, 3.8) is 0 Å². The molecule has 0 unspecified atom stereocenters. The molecule has 2 aliphatic rings. The normalized spacial score (nSPS) is 24.4. The molecule has 3 heterocycles. The first-order valence-corrected chi connectivity index (χ1v) is 9.07. The van der Waals surface area contributed by atoms with E-state index in [9.17, 15) is 4.79 Å². The Hall–Kier alpha value is -1.11. The summed E-state index contributed by atoms with van der Waals surface area (Å²) in [6.45, 7) is 7.36. The fraction of sp³-hybridized carbons (Fsp3) is 0.688. The van der Waals surface area contributed by atoms with Gasteiger partial charge in [0, 0.05) is 32.2 Å². The van der Waals surface area contributed by atoms with E-state index in [0.717, 1.165) is 52.2 Å². The molecule has 122 valence electrons. The van der Waals surface area contributed by atoms with Gasteiger partial charge in [0.25, 0.3) is 0 Å². The van der Waals surface area contributed by atoms with Gasteiger partial charge in [0.1, 0.15) is 0 Å². The molecule has 0 radical (unpaired) electrons. The largest absolute Gasteiger partial charge is 0.379 e. The molecule has 2 saturated heterocycles. The smallest absolute Gasteiger partial charge is 0.318 e. The first kappa shape index (κ1) is 15.8. The fourth-order valence-electron chi connectivity index (χ4n) is 3.33. The second-order valence-corrected chi connectivity index (χ2v) is 6.95. The number of likely N-dealkylation sites (tertiary alicyclic amines) is 1. The van der Waals surface area contributed by atoms with Crippen molar-refractivity contribution in [3.05, 3.63) is 22.4 Å². The summed E-state index contributed by atoms with van der Waals surface area (Å²) in [6.07, 6.45) is 2.16. The summed E-state index contributed by atoms with van der Waals surface area (Å²) in [5.41, 5.74) is 1.28. The van der Waals surface area contributed by atoms with Crippen LogP contribution in [0.3, 0.4) is 0 Å². The maximum absolute atomic E-state index is 12.6. The van der Waals surface area contributed by atoms with Crippen molar-refractivity contribution in [1.29, 1.82) is 0 Å². The lowest BCUT2D eigenvalue weighted by atomic mass is 10.1. The molecule has 2 amide bonds. The molecule has 22 heavy (non-hydrogen) atoms. The van der Waals surface area contributed by atoms with Crippen LogP contribution in [0.15, 0.2) is 16.8 Å². The zero-order valence-corrected chi connectivity index (χ0v) is 14.0. The summed E-state index contributed by atoms with van der Waals surface area (Å²) >= 11 is 1.70. The Kier molecular flexibility index (Phi) is 5.33. The topological polar surface area (TPSA) is 44.8 Å². The van der Waals surface area contributed by atoms with Gasteiger partial charge in [-0.1, -0.05) is 0 Å². The van der Waals surface area contributed by atoms with Crippen LogP contribution < -0.4 is 5.32 Å². The van der Waals surface area contributed by atoms with Crippen molar-refractivity contribution in [2.45, 2.75) is 31.8 Å². The van der Waals surface area contributed by atoms with Crippen LogP contribution in [-0.2, 0) is 4.74 Å². The molecular formula is C16H25N3O2S. The number of thiophene rings is 1. The molecule has 1 aromatic rings. The Bertz CT molecular complexity index is 474. The van der Waals surface area contributed by atoms with Crippen LogP contribution in [0.5, 0.6) is 0 Å². The van der Waals surface area contributed by atoms with Gasteiger partial charge in [-0.05, 0) is 42.2 Å². The number of morpholine rings is 1. The Morgan fingerprint density at radius 3 is 3.00 bits per heavy atom. The number of urea groups is 1. The van der Waals surface area contributed by atoms with Crippen molar-refractivity contribution >= 4 is 17.4 Å². The molecule has 2 fully saturated rings. The van der Waals surface area contributed by atoms with Crippen LogP contribution in [0.4, 0.5) is 4.79 Å². The lowest BCUT2D eigenvalue weighted by Gasteiger charge is -2.31. The van der Waals surface area contributed by atoms with Gasteiger partial charge in [-0.15, -0.1) is 0 Å². The van der Waals surface area contributed by atoms with Crippen molar-refractivity contribution < 1.29 is 9.53 Å². The van der Waals surface area contributed by atoms with Gasteiger partial charge in [-0.25, -0.2) is 4.79 Å². The Morgan fingerprint density at radius 1 is 1.45 bits per heavy atom. The molecule has 0 aromatic carbocycles. The minimum absolute atomic E-state index is 0.0782. The van der Waals surface area contributed by atoms with Gasteiger partial charge >= 0.3 is 6.03 Å². The van der Waals surface area contributed by atoms with E-state index < -0.39 is 0 Å². The average Bonchev–Trinajstić information content (AvgIpc) is 3.19. The molecular weight excluding hydrogens is 298 g/mol. The van der Waals surface area contributed by atoms with Crippen LogP contribution in [0.2, 0.25) is 0 Å². The van der Waals surface area contributed by atoms with Gasteiger partial charge in [0.2, 0.25) is 0 Å². The third kappa shape index (κ3) is 3.80. The van der Waals surface area contributed by atoms with Gasteiger partial charge in [-0.3, -0.25) is 4.90 Å². The number of rotatable bonds is 4. The first-order valence-electron chi connectivity index (χ1n) is 8.13. The summed E-state index contributed by atoms with van der Waals surface area (Å²) in [5, 5.41) is 7.42. The second-order valence-electron chi connectivity index (χ2n) is 6.17. The van der Waals surface area contributed by atoms with Crippen LogP contribution in [0.1, 0.15) is 31.4 Å². The number of amides is 2. The highest BCUT2D eigenvalue weighted by Gasteiger charge is 2.30. The van der Waals surface area contributed by atoms with Crippen molar-refractivity contribution in [2.75, 3.05) is 39.4 Å². The van der Waals surface area contributed by atoms with Gasteiger partial charge in [0.15, 0.2) is 0 Å². The maximum Gasteiger partial charge on any atom is 0.318 e. The zero-order valence-electron chi connectivity index (χ0n) is 13.2. The van der Waals surface area contributed by atoms with E-state index in [1.54, 1.807) is 11.3 Å². The minimum atomic E-state index is 0.0782. The monoisotopic (exact) mass is 323 g/mol. The number of ether oxygens (including phenoxy) is 1. The molecule has 1 N–H and O–H groups in total. The van der Waals surface area contributed by atoms with E-state index in [-0.39, 0.29) is 18.1 Å². The third-order valence-corrected chi connectivity index (χ3v) is 5.15. The van der Waals surface area contributed by atoms with E-state index in [2.05, 4.69) is 34.0 Å². The third-order valence-electron chi connectivity index (χ3n) is 4.45. The van der Waals surface area contributed by atoms with Crippen LogP contribution in [0.25, 0.3) is 0 Å². The quantitative estimate of drug-likeness (QED) is 0.925. The number of hydrogen-bond acceptors (Lipinski definition) is 4. The highest BCUT2D eigenvalue weighted by molar-refractivity contribution is 7.07. The summed E-state index contributed by atoms with van der Waals surface area (Å²) < 4.78 is 5.36. The van der Waals surface area contributed by atoms with Gasteiger partial charge in [0.05, 0.1) is 19.3 Å². The molecule has 2 atom stereocenters. The predicted molar refractivity (Wildman–Crippen MR) is 88.3 cm³/mol. The van der Waals surface area contributed by atoms with Crippen LogP contribution >= 0.6 is 11.3 Å². The van der Waals surface area contributed by atoms with Crippen molar-refractivity contribution in [3.8, 4) is 0 Å². The van der Waals surface area contributed by atoms with Gasteiger partial charge in [-0.2, -0.15) is 11.3 Å². The van der Waals surface area contributed by atoms with E-state index in [0.29, 0.717) is 0 Å². The zero-order chi connectivity index (χ0) is 15.4. The molecule has 0 aliphatic carbocycles. The molecule has 0 saturated carbocycles. The Balaban J connectivity index is 1.52. The van der Waals surface area contributed by atoms with E-state index in [1.807, 2.05) is 4.90 Å². The van der Waals surface area contributed by atoms with E-state index in [4.69, 9.17) is 4.74 Å². The lowest BCUT2D eigenvalue weighted by Crippen LogP contribution is -2.49. The summed E-state index contributed by atoms with van der Waals surface area (Å²) in [6, 6.07) is 2.63. The highest BCUT2D eigenvalue weighted by Crippen LogP contribution is 2.32. The SMILES string of the molecule is C[C@@H](CN1CCOCC1)NC(=O)N1CCC[C@H]1c1ccsc1. The van der Waals surface area contributed by atoms with Crippen LogP contribution in [0, 0.1) is 0 Å². The van der Waals surface area contributed by atoms with Crippen molar-refractivity contribution in [2.24, 2.45) is 0 Å². The highest BCUT2D eigenvalue weighted by atomic mass is 32.1. The number of hydrogen-bond donors (Lipinski definition) is 1. The predicted octanol–water partition coefficient (Wildman–Crippen LogP) is 2.32. The van der Waals surface area contributed by atoms with E-state index >= 15 is 0 Å². The molecule has 0 spiro atoms. The molecule has 5 nitrogen and oxygen atoms in total. The molecule has 6 heteroatoms. The van der Waals surface area contributed by atoms with Crippen molar-refractivity contribution in [1.82, 2.24) is 15.1 Å². The number of nitrogens with one attached hydrogen (secondary N) is 1. The average molecular weight is 323 g/mol. The minimum Gasteiger partial charge on any atom is -0.379 e. The number of carbonyl (C=O) groups is 1. The second kappa shape index (κ2) is 7.44. The van der Waals surface area contributed by atoms with E-state index in [1.165, 1.54) is 5.56 Å². The standard InChI is InChI=1S/C16H25N3O2S/c1-13(11-18-6-8-21-9-7-18)17-16(20)19-5-2-3-15(19)14-4-10-22-12-14/h4,10,12-13,15H,2-3,5-9,11H2,1H3,(H,17,20)/t13-,15-/m0/s1. The number of nitrogens with zero attached hydrogens (tertiary/aromatic N) is 2. The molecule has 0 bridgehead atoms. The maximum atomic E-state index is 12.6. The van der Waals surface area contributed by atoms with Gasteiger partial charge < -0.3 is 15.0 Å². The first-order chi connectivity index (χ1) is 10.7. The number of carbonyl (C=O) groups excluding carboxylic acids is 1. The molecule has 3 rings (SSSR count). The fourth-order valence-corrected chi connectivity index (χ4v) is 4.04. The Labute approximate surface area is 136 Å². The lowest BCUT2D eigenvalue weighted by molar-refractivity contribution is 0.0346.